The molecule has 0 amide bonds. The molecule has 0 bridgehead atoms. The first-order valence-electron chi connectivity index (χ1n) is 7.99. The topological polar surface area (TPSA) is 40.5 Å². The second-order valence-corrected chi connectivity index (χ2v) is 5.84. The Morgan fingerprint density at radius 1 is 1.08 bits per heavy atom. The van der Waals surface area contributed by atoms with E-state index in [1.54, 1.807) is 18.0 Å². The van der Waals surface area contributed by atoms with Crippen LogP contribution in [0.25, 0.3) is 0 Å². The monoisotopic (exact) mass is 351 g/mol. The molecule has 0 aliphatic heterocycles. The number of carbonyl (C=O) groups is 1. The average molecular weight is 351 g/mol. The van der Waals surface area contributed by atoms with Crippen molar-refractivity contribution < 1.29 is 23.1 Å². The molecule has 6 heteroatoms. The second-order valence-electron chi connectivity index (χ2n) is 5.84. The number of anilines is 2. The number of unbranched alkanes of at least 4 members (excludes halogenated alkanes) is 1. The summed E-state index contributed by atoms with van der Waals surface area (Å²) in [6.45, 7) is 0. The minimum atomic E-state index is -4.38. The van der Waals surface area contributed by atoms with Gasteiger partial charge in [0.15, 0.2) is 0 Å². The molecule has 0 saturated carbocycles. The highest BCUT2D eigenvalue weighted by Gasteiger charge is 2.30. The summed E-state index contributed by atoms with van der Waals surface area (Å²) >= 11 is 0. The van der Waals surface area contributed by atoms with Gasteiger partial charge in [0.05, 0.1) is 5.56 Å². The Morgan fingerprint density at radius 2 is 1.80 bits per heavy atom. The molecule has 2 rings (SSSR count). The van der Waals surface area contributed by atoms with Gasteiger partial charge < -0.3 is 10.0 Å². The highest BCUT2D eigenvalue weighted by Crippen LogP contribution is 2.34. The molecule has 3 nitrogen and oxygen atoms in total. The van der Waals surface area contributed by atoms with Gasteiger partial charge in [0.25, 0.3) is 0 Å². The van der Waals surface area contributed by atoms with E-state index < -0.39 is 17.7 Å². The molecule has 25 heavy (non-hydrogen) atoms. The summed E-state index contributed by atoms with van der Waals surface area (Å²) in [5, 5.41) is 8.69. The number of carboxylic acids is 1. The Kier molecular flexibility index (Phi) is 6.07. The summed E-state index contributed by atoms with van der Waals surface area (Å²) in [6, 6.07) is 12.7. The summed E-state index contributed by atoms with van der Waals surface area (Å²) < 4.78 is 38.8. The van der Waals surface area contributed by atoms with Crippen LogP contribution in [0.15, 0.2) is 48.5 Å². The minimum Gasteiger partial charge on any atom is -0.481 e. The summed E-state index contributed by atoms with van der Waals surface area (Å²) in [6.07, 6.45) is -2.32. The van der Waals surface area contributed by atoms with Crippen molar-refractivity contribution in [3.63, 3.8) is 0 Å². The van der Waals surface area contributed by atoms with Gasteiger partial charge in [0.2, 0.25) is 0 Å². The summed E-state index contributed by atoms with van der Waals surface area (Å²) in [5.41, 5.74) is 1.56. The standard InChI is InChI=1S/C19H20F3NO2/c1-23(16-10-6-9-15(13-16)19(20,21)22)17-11-4-2-7-14(17)8-3-5-12-18(24)25/h2,4,6-7,9-11,13H,3,5,8,12H2,1H3,(H,24,25). The smallest absolute Gasteiger partial charge is 0.416 e. The molecule has 1 N–H and O–H groups in total. The Hall–Kier alpha value is -2.50. The Bertz CT molecular complexity index is 729. The van der Waals surface area contributed by atoms with Crippen molar-refractivity contribution in [1.82, 2.24) is 0 Å². The number of hydrogen-bond donors (Lipinski definition) is 1. The number of halogens is 3. The van der Waals surface area contributed by atoms with Crippen LogP contribution in [-0.2, 0) is 17.4 Å². The molecule has 0 aromatic heterocycles. The Morgan fingerprint density at radius 3 is 2.48 bits per heavy atom. The maximum absolute atomic E-state index is 12.9. The molecule has 0 saturated heterocycles. The van der Waals surface area contributed by atoms with Crippen LogP contribution in [-0.4, -0.2) is 18.1 Å². The number of rotatable bonds is 7. The lowest BCUT2D eigenvalue weighted by Gasteiger charge is -2.23. The van der Waals surface area contributed by atoms with E-state index >= 15 is 0 Å². The van der Waals surface area contributed by atoms with Crippen molar-refractivity contribution in [1.29, 1.82) is 0 Å². The molecular weight excluding hydrogens is 331 g/mol. The van der Waals surface area contributed by atoms with Crippen LogP contribution in [0, 0.1) is 0 Å². The van der Waals surface area contributed by atoms with Crippen LogP contribution in [0.5, 0.6) is 0 Å². The predicted molar refractivity (Wildman–Crippen MR) is 91.1 cm³/mol. The minimum absolute atomic E-state index is 0.117. The number of nitrogens with zero attached hydrogens (tertiary/aromatic N) is 1. The van der Waals surface area contributed by atoms with Crippen LogP contribution in [0.4, 0.5) is 24.5 Å². The number of para-hydroxylation sites is 1. The summed E-state index contributed by atoms with van der Waals surface area (Å²) in [4.78, 5) is 12.3. The average Bonchev–Trinajstić information content (AvgIpc) is 2.57. The fourth-order valence-corrected chi connectivity index (χ4v) is 2.67. The van der Waals surface area contributed by atoms with Crippen molar-refractivity contribution in [2.75, 3.05) is 11.9 Å². The lowest BCUT2D eigenvalue weighted by molar-refractivity contribution is -0.138. The number of carboxylic acid groups (broad SMARTS) is 1. The van der Waals surface area contributed by atoms with E-state index in [4.69, 9.17) is 5.11 Å². The van der Waals surface area contributed by atoms with Crippen molar-refractivity contribution in [3.05, 3.63) is 59.7 Å². The van der Waals surface area contributed by atoms with Gasteiger partial charge in [0.1, 0.15) is 0 Å². The van der Waals surface area contributed by atoms with Crippen molar-refractivity contribution in [2.24, 2.45) is 0 Å². The largest absolute Gasteiger partial charge is 0.481 e. The SMILES string of the molecule is CN(c1cccc(C(F)(F)F)c1)c1ccccc1CCCCC(=O)O. The zero-order chi connectivity index (χ0) is 18.4. The third kappa shape index (κ3) is 5.24. The second kappa shape index (κ2) is 8.05. The maximum Gasteiger partial charge on any atom is 0.416 e. The third-order valence-electron chi connectivity index (χ3n) is 4.00. The summed E-state index contributed by atoms with van der Waals surface area (Å²) in [7, 11) is 1.73. The van der Waals surface area contributed by atoms with Crippen LogP contribution in [0.2, 0.25) is 0 Å². The molecule has 2 aromatic carbocycles. The fourth-order valence-electron chi connectivity index (χ4n) is 2.67. The van der Waals surface area contributed by atoms with E-state index in [-0.39, 0.29) is 6.42 Å². The third-order valence-corrected chi connectivity index (χ3v) is 4.00. The Labute approximate surface area is 144 Å². The quantitative estimate of drug-likeness (QED) is 0.691. The molecule has 0 unspecified atom stereocenters. The van der Waals surface area contributed by atoms with Gasteiger partial charge in [-0.25, -0.2) is 0 Å². The lowest BCUT2D eigenvalue weighted by atomic mass is 10.0. The first-order chi connectivity index (χ1) is 11.8. The van der Waals surface area contributed by atoms with E-state index in [9.17, 15) is 18.0 Å². The molecule has 2 aromatic rings. The van der Waals surface area contributed by atoms with Crippen molar-refractivity contribution >= 4 is 17.3 Å². The molecular formula is C19H20F3NO2. The first-order valence-corrected chi connectivity index (χ1v) is 7.99. The van der Waals surface area contributed by atoms with E-state index in [0.29, 0.717) is 24.9 Å². The van der Waals surface area contributed by atoms with E-state index in [1.807, 2.05) is 24.3 Å². The molecule has 0 spiro atoms. The van der Waals surface area contributed by atoms with Gasteiger partial charge in [-0.1, -0.05) is 24.3 Å². The maximum atomic E-state index is 12.9. The van der Waals surface area contributed by atoms with Gasteiger partial charge in [-0.2, -0.15) is 13.2 Å². The number of alkyl halides is 3. The predicted octanol–water partition coefficient (Wildman–Crippen LogP) is 5.27. The van der Waals surface area contributed by atoms with Crippen LogP contribution < -0.4 is 4.90 Å². The van der Waals surface area contributed by atoms with Crippen molar-refractivity contribution in [3.8, 4) is 0 Å². The molecule has 0 radical (unpaired) electrons. The number of benzene rings is 2. The van der Waals surface area contributed by atoms with E-state index in [0.717, 1.165) is 23.4 Å². The normalized spacial score (nSPS) is 11.4. The molecule has 0 heterocycles. The van der Waals surface area contributed by atoms with Gasteiger partial charge in [-0.05, 0) is 49.1 Å². The molecule has 0 atom stereocenters. The van der Waals surface area contributed by atoms with Crippen molar-refractivity contribution in [2.45, 2.75) is 31.9 Å². The first kappa shape index (κ1) is 18.8. The van der Waals surface area contributed by atoms with Gasteiger partial charge in [-0.15, -0.1) is 0 Å². The van der Waals surface area contributed by atoms with Crippen LogP contribution >= 0.6 is 0 Å². The molecule has 0 fully saturated rings. The number of aliphatic carboxylic acids is 1. The zero-order valence-electron chi connectivity index (χ0n) is 13.9. The van der Waals surface area contributed by atoms with E-state index in [2.05, 4.69) is 0 Å². The molecule has 0 aliphatic carbocycles. The highest BCUT2D eigenvalue weighted by molar-refractivity contribution is 5.67. The highest BCUT2D eigenvalue weighted by atomic mass is 19.4. The van der Waals surface area contributed by atoms with Gasteiger partial charge in [-0.3, -0.25) is 4.79 Å². The van der Waals surface area contributed by atoms with Crippen LogP contribution in [0.3, 0.4) is 0 Å². The fraction of sp³-hybridized carbons (Fsp3) is 0.316. The lowest BCUT2D eigenvalue weighted by Crippen LogP contribution is -2.13. The Balaban J connectivity index is 2.19. The van der Waals surface area contributed by atoms with E-state index in [1.165, 1.54) is 6.07 Å². The number of hydrogen-bond acceptors (Lipinski definition) is 2. The van der Waals surface area contributed by atoms with Gasteiger partial charge >= 0.3 is 12.1 Å². The molecule has 0 aliphatic rings. The van der Waals surface area contributed by atoms with Gasteiger partial charge in [0, 0.05) is 24.8 Å². The summed E-state index contributed by atoms with van der Waals surface area (Å²) in [5.74, 6) is -0.825. The molecule has 134 valence electrons. The zero-order valence-corrected chi connectivity index (χ0v) is 13.9. The number of aryl methyl sites for hydroxylation is 1. The van der Waals surface area contributed by atoms with Crippen LogP contribution in [0.1, 0.15) is 30.4 Å².